The van der Waals surface area contributed by atoms with Crippen molar-refractivity contribution < 1.29 is 4.57 Å². The van der Waals surface area contributed by atoms with Gasteiger partial charge in [-0.1, -0.05) is 18.2 Å². The number of hydrogen-bond donors (Lipinski definition) is 0. The van der Waals surface area contributed by atoms with Crippen molar-refractivity contribution in [2.24, 2.45) is 7.05 Å². The maximum atomic E-state index is 4.39. The number of rotatable bonds is 1. The van der Waals surface area contributed by atoms with E-state index >= 15 is 0 Å². The molecule has 124 valence electrons. The highest BCUT2D eigenvalue weighted by atomic mass is 15.3. The van der Waals surface area contributed by atoms with Gasteiger partial charge in [-0.05, 0) is 24.3 Å². The molecule has 0 fully saturated rings. The predicted octanol–water partition coefficient (Wildman–Crippen LogP) is 3.23. The zero-order valence-corrected chi connectivity index (χ0v) is 14.3. The summed E-state index contributed by atoms with van der Waals surface area (Å²) >= 11 is 0. The number of pyridine rings is 2. The second-order valence-electron chi connectivity index (χ2n) is 6.74. The molecule has 0 radical (unpaired) electrons. The molecule has 1 aromatic carbocycles. The number of imidazole rings is 1. The molecular weight excluding hydrogens is 322 g/mol. The maximum Gasteiger partial charge on any atom is 0.270 e. The third-order valence-corrected chi connectivity index (χ3v) is 5.38. The second kappa shape index (κ2) is 4.79. The fourth-order valence-corrected chi connectivity index (χ4v) is 4.30. The largest absolute Gasteiger partial charge is 0.270 e. The summed E-state index contributed by atoms with van der Waals surface area (Å²) in [7, 11) is 2.13. The Kier molecular flexibility index (Phi) is 2.54. The summed E-state index contributed by atoms with van der Waals surface area (Å²) in [5, 5.41) is 1.17. The summed E-state index contributed by atoms with van der Waals surface area (Å²) in [4.78, 5) is 8.72. The van der Waals surface area contributed by atoms with Crippen molar-refractivity contribution in [3.05, 3.63) is 72.8 Å². The van der Waals surface area contributed by atoms with Crippen LogP contribution in [-0.4, -0.2) is 19.1 Å². The van der Waals surface area contributed by atoms with E-state index in [0.717, 1.165) is 12.2 Å². The van der Waals surface area contributed by atoms with Gasteiger partial charge in [0, 0.05) is 30.4 Å². The second-order valence-corrected chi connectivity index (χ2v) is 6.74. The first kappa shape index (κ1) is 13.8. The summed E-state index contributed by atoms with van der Waals surface area (Å²) in [6, 6.07) is 14.8. The summed E-state index contributed by atoms with van der Waals surface area (Å²) in [5.74, 6) is 1.21. The van der Waals surface area contributed by atoms with Crippen molar-refractivity contribution in [3.8, 4) is 17.1 Å². The van der Waals surface area contributed by atoms with E-state index in [1.807, 2.05) is 24.8 Å². The molecule has 26 heavy (non-hydrogen) atoms. The summed E-state index contributed by atoms with van der Waals surface area (Å²) in [5.41, 5.74) is 7.28. The van der Waals surface area contributed by atoms with Crippen LogP contribution < -0.4 is 4.57 Å². The molecule has 4 aromatic heterocycles. The van der Waals surface area contributed by atoms with Gasteiger partial charge >= 0.3 is 0 Å². The van der Waals surface area contributed by atoms with Gasteiger partial charge in [-0.3, -0.25) is 14.5 Å². The van der Waals surface area contributed by atoms with Crippen LogP contribution in [0, 0.1) is 0 Å². The topological polar surface area (TPSA) is 39.5 Å². The Morgan fingerprint density at radius 1 is 0.962 bits per heavy atom. The van der Waals surface area contributed by atoms with E-state index in [1.165, 1.54) is 39.0 Å². The first-order valence-corrected chi connectivity index (χ1v) is 8.70. The van der Waals surface area contributed by atoms with Gasteiger partial charge in [-0.2, -0.15) is 0 Å². The zero-order valence-electron chi connectivity index (χ0n) is 14.3. The molecule has 6 rings (SSSR count). The van der Waals surface area contributed by atoms with Crippen LogP contribution in [0.2, 0.25) is 0 Å². The average Bonchev–Trinajstić information content (AvgIpc) is 3.31. The summed E-state index contributed by atoms with van der Waals surface area (Å²) in [6.07, 6.45) is 7.69. The number of para-hydroxylation sites is 1. The molecule has 5 nitrogen and oxygen atoms in total. The highest BCUT2D eigenvalue weighted by molar-refractivity contribution is 6.05. The molecule has 0 atom stereocenters. The van der Waals surface area contributed by atoms with E-state index in [-0.39, 0.29) is 0 Å². The number of fused-ring (bicyclic) bond motifs is 7. The van der Waals surface area contributed by atoms with E-state index in [0.29, 0.717) is 0 Å². The molecule has 5 aromatic rings. The first-order chi connectivity index (χ1) is 12.8. The Morgan fingerprint density at radius 3 is 2.65 bits per heavy atom. The molecule has 5 heteroatoms. The summed E-state index contributed by atoms with van der Waals surface area (Å²) < 4.78 is 7.04. The smallest absolute Gasteiger partial charge is 0.264 e. The van der Waals surface area contributed by atoms with Crippen LogP contribution in [-0.2, 0) is 13.6 Å². The van der Waals surface area contributed by atoms with Crippen LogP contribution in [0.4, 0.5) is 0 Å². The quantitative estimate of drug-likeness (QED) is 0.432. The van der Waals surface area contributed by atoms with Crippen molar-refractivity contribution in [1.82, 2.24) is 19.1 Å². The van der Waals surface area contributed by atoms with E-state index in [4.69, 9.17) is 0 Å². The number of nitrogens with zero attached hydrogens (tertiary/aromatic N) is 5. The minimum Gasteiger partial charge on any atom is -0.264 e. The lowest BCUT2D eigenvalue weighted by Crippen LogP contribution is -2.33. The van der Waals surface area contributed by atoms with Gasteiger partial charge in [0.05, 0.1) is 24.5 Å². The fourth-order valence-electron chi connectivity index (χ4n) is 4.30. The van der Waals surface area contributed by atoms with E-state index in [9.17, 15) is 0 Å². The zero-order chi connectivity index (χ0) is 17.3. The van der Waals surface area contributed by atoms with Crippen molar-refractivity contribution in [2.45, 2.75) is 6.54 Å². The highest BCUT2D eigenvalue weighted by Crippen LogP contribution is 2.37. The Hall–Kier alpha value is -3.47. The van der Waals surface area contributed by atoms with Gasteiger partial charge in [0.15, 0.2) is 5.52 Å². The molecular formula is C21H16N5+. The first-order valence-electron chi connectivity index (χ1n) is 8.70. The minimum atomic E-state index is 0.840. The molecule has 1 aliphatic rings. The lowest BCUT2D eigenvalue weighted by molar-refractivity contribution is -0.648. The number of aryl methyl sites for hydroxylation is 1. The van der Waals surface area contributed by atoms with Gasteiger partial charge in [-0.25, -0.2) is 9.13 Å². The number of benzene rings is 1. The lowest BCUT2D eigenvalue weighted by atomic mass is 10.1. The van der Waals surface area contributed by atoms with Crippen LogP contribution in [0.15, 0.2) is 67.3 Å². The van der Waals surface area contributed by atoms with Crippen molar-refractivity contribution in [2.75, 3.05) is 0 Å². The third-order valence-electron chi connectivity index (χ3n) is 5.38. The molecule has 1 aliphatic heterocycles. The van der Waals surface area contributed by atoms with Gasteiger partial charge in [0.1, 0.15) is 11.2 Å². The van der Waals surface area contributed by atoms with Crippen LogP contribution >= 0.6 is 0 Å². The average molecular weight is 338 g/mol. The Balaban J connectivity index is 1.87. The van der Waals surface area contributed by atoms with E-state index in [2.05, 4.69) is 73.2 Å². The third kappa shape index (κ3) is 1.57. The number of aromatic nitrogens is 5. The monoisotopic (exact) mass is 338 g/mol. The Morgan fingerprint density at radius 2 is 1.77 bits per heavy atom. The minimum absolute atomic E-state index is 0.840. The van der Waals surface area contributed by atoms with Crippen molar-refractivity contribution in [1.29, 1.82) is 0 Å². The van der Waals surface area contributed by atoms with Gasteiger partial charge in [-0.15, -0.1) is 0 Å². The van der Waals surface area contributed by atoms with E-state index < -0.39 is 0 Å². The Labute approximate surface area is 149 Å². The van der Waals surface area contributed by atoms with Crippen molar-refractivity contribution >= 4 is 22.1 Å². The highest BCUT2D eigenvalue weighted by Gasteiger charge is 2.36. The molecule has 0 saturated heterocycles. The molecule has 0 saturated carbocycles. The normalized spacial score (nSPS) is 12.7. The van der Waals surface area contributed by atoms with Crippen LogP contribution in [0.5, 0.6) is 0 Å². The molecule has 0 aliphatic carbocycles. The lowest BCUT2D eigenvalue weighted by Gasteiger charge is -2.04. The summed E-state index contributed by atoms with van der Waals surface area (Å²) in [6.45, 7) is 0.840. The molecule has 0 amide bonds. The van der Waals surface area contributed by atoms with Crippen molar-refractivity contribution in [3.63, 3.8) is 0 Å². The standard InChI is InChI=1S/C21H16N5/c1-24-18-8-10-23-12-17(18)19-21(24)25-13-14-11-22-9-7-16(14)20(25)26(19)15-5-3-2-4-6-15/h2-12H,13H2,1H3/q+1. The molecule has 0 N–H and O–H groups in total. The number of hydrogen-bond acceptors (Lipinski definition) is 2. The molecule has 5 heterocycles. The van der Waals surface area contributed by atoms with Gasteiger partial charge < -0.3 is 0 Å². The van der Waals surface area contributed by atoms with Crippen LogP contribution in [0.3, 0.4) is 0 Å². The predicted molar refractivity (Wildman–Crippen MR) is 100 cm³/mol. The molecule has 0 bridgehead atoms. The fraction of sp³-hybridized carbons (Fsp3) is 0.0952. The SMILES string of the molecule is Cn1c2ccncc2c2c1[n+]1c(n2-c2ccccc2)-c2ccncc2C1. The van der Waals surface area contributed by atoms with E-state index in [1.54, 1.807) is 0 Å². The van der Waals surface area contributed by atoms with Crippen LogP contribution in [0.1, 0.15) is 5.56 Å². The van der Waals surface area contributed by atoms with Gasteiger partial charge in [0.25, 0.3) is 5.65 Å². The van der Waals surface area contributed by atoms with Crippen LogP contribution in [0.25, 0.3) is 39.1 Å². The molecule has 0 spiro atoms. The maximum absolute atomic E-state index is 4.39. The van der Waals surface area contributed by atoms with Gasteiger partial charge in [0.2, 0.25) is 5.82 Å². The Bertz CT molecular complexity index is 1310. The molecule has 0 unspecified atom stereocenters.